The molecule has 0 unspecified atom stereocenters. The van der Waals surface area contributed by atoms with Gasteiger partial charge in [0.25, 0.3) is 0 Å². The van der Waals surface area contributed by atoms with Crippen LogP contribution in [0.3, 0.4) is 0 Å². The first-order valence-corrected chi connectivity index (χ1v) is 7.71. The van der Waals surface area contributed by atoms with Crippen LogP contribution in [0, 0.1) is 11.6 Å². The number of benzene rings is 1. The summed E-state index contributed by atoms with van der Waals surface area (Å²) in [5.41, 5.74) is 0.121. The normalized spacial score (nSPS) is 10.2. The number of imide groups is 1. The Labute approximate surface area is 135 Å². The molecular formula is C15H15F2N3O2S. The summed E-state index contributed by atoms with van der Waals surface area (Å²) in [5, 5.41) is 9.16. The van der Waals surface area contributed by atoms with Crippen molar-refractivity contribution in [2.75, 3.05) is 18.4 Å². The summed E-state index contributed by atoms with van der Waals surface area (Å²) in [7, 11) is 0. The van der Waals surface area contributed by atoms with E-state index in [0.29, 0.717) is 13.0 Å². The third-order valence-electron chi connectivity index (χ3n) is 2.81. The maximum Gasteiger partial charge on any atom is 0.321 e. The molecule has 23 heavy (non-hydrogen) atoms. The van der Waals surface area contributed by atoms with Gasteiger partial charge in [0, 0.05) is 23.2 Å². The number of thiophene rings is 1. The molecule has 0 saturated heterocycles. The molecule has 0 radical (unpaired) electrons. The minimum absolute atomic E-state index is 0.121. The average molecular weight is 339 g/mol. The van der Waals surface area contributed by atoms with E-state index < -0.39 is 23.6 Å². The molecule has 2 aromatic rings. The van der Waals surface area contributed by atoms with Crippen LogP contribution in [-0.4, -0.2) is 25.0 Å². The number of nitrogens with one attached hydrogen (secondary N) is 3. The Morgan fingerprint density at radius 3 is 2.52 bits per heavy atom. The molecule has 0 atom stereocenters. The van der Waals surface area contributed by atoms with Crippen LogP contribution < -0.4 is 16.0 Å². The summed E-state index contributed by atoms with van der Waals surface area (Å²) in [6.45, 7) is 0.128. The van der Waals surface area contributed by atoms with Crippen molar-refractivity contribution in [1.29, 1.82) is 0 Å². The molecule has 8 heteroatoms. The molecular weight excluding hydrogens is 324 g/mol. The molecule has 1 aromatic heterocycles. The van der Waals surface area contributed by atoms with Gasteiger partial charge in [-0.1, -0.05) is 6.07 Å². The lowest BCUT2D eigenvalue weighted by atomic mass is 10.3. The molecule has 3 amide bonds. The summed E-state index contributed by atoms with van der Waals surface area (Å²) in [4.78, 5) is 24.2. The van der Waals surface area contributed by atoms with Crippen molar-refractivity contribution in [3.63, 3.8) is 0 Å². The predicted molar refractivity (Wildman–Crippen MR) is 84.4 cm³/mol. The maximum absolute atomic E-state index is 13.0. The Hall–Kier alpha value is -2.48. The fraction of sp³-hybridized carbons (Fsp3) is 0.200. The number of halogens is 2. The lowest BCUT2D eigenvalue weighted by molar-refractivity contribution is -0.118. The molecule has 5 nitrogen and oxygen atoms in total. The average Bonchev–Trinajstić information content (AvgIpc) is 2.97. The third kappa shape index (κ3) is 6.03. The Bertz CT molecular complexity index is 657. The van der Waals surface area contributed by atoms with E-state index in [0.717, 1.165) is 23.1 Å². The molecule has 0 aliphatic heterocycles. The number of anilines is 1. The van der Waals surface area contributed by atoms with Gasteiger partial charge < -0.3 is 10.6 Å². The van der Waals surface area contributed by atoms with Gasteiger partial charge in [-0.3, -0.25) is 10.1 Å². The van der Waals surface area contributed by atoms with Gasteiger partial charge in [0.05, 0.1) is 6.54 Å². The fourth-order valence-corrected chi connectivity index (χ4v) is 2.52. The number of rotatable bonds is 6. The van der Waals surface area contributed by atoms with Crippen molar-refractivity contribution in [2.45, 2.75) is 6.42 Å². The summed E-state index contributed by atoms with van der Waals surface area (Å²) in [5.74, 6) is -2.11. The minimum atomic E-state index is -0.751. The van der Waals surface area contributed by atoms with Gasteiger partial charge in [0.15, 0.2) is 0 Å². The number of carbonyl (C=O) groups excluding carboxylic acids is 2. The molecule has 2 rings (SSSR count). The Balaban J connectivity index is 1.68. The molecule has 0 spiro atoms. The van der Waals surface area contributed by atoms with Gasteiger partial charge in [-0.2, -0.15) is 0 Å². The highest BCUT2D eigenvalue weighted by Gasteiger charge is 2.08. The number of hydrogen-bond donors (Lipinski definition) is 3. The van der Waals surface area contributed by atoms with Crippen molar-refractivity contribution in [3.05, 3.63) is 52.2 Å². The van der Waals surface area contributed by atoms with E-state index in [2.05, 4.69) is 16.0 Å². The highest BCUT2D eigenvalue weighted by Crippen LogP contribution is 2.12. The standard InChI is InChI=1S/C15H15F2N3O2S/c16-10-6-11(17)8-12(7-10)19-9-14(21)20-15(22)18-4-3-13-2-1-5-23-13/h1-2,5-8,19H,3-4,9H2,(H2,18,20,21,22). The largest absolute Gasteiger partial charge is 0.376 e. The second kappa shape index (κ2) is 8.23. The molecule has 1 aromatic carbocycles. The number of amides is 3. The fourth-order valence-electron chi connectivity index (χ4n) is 1.81. The zero-order chi connectivity index (χ0) is 16.7. The monoisotopic (exact) mass is 339 g/mol. The van der Waals surface area contributed by atoms with Crippen molar-refractivity contribution < 1.29 is 18.4 Å². The molecule has 122 valence electrons. The zero-order valence-corrected chi connectivity index (χ0v) is 12.9. The van der Waals surface area contributed by atoms with E-state index in [1.165, 1.54) is 0 Å². The van der Waals surface area contributed by atoms with Crippen LogP contribution in [0.4, 0.5) is 19.3 Å². The van der Waals surface area contributed by atoms with E-state index in [1.54, 1.807) is 11.3 Å². The highest BCUT2D eigenvalue weighted by atomic mass is 32.1. The number of carbonyl (C=O) groups is 2. The number of hydrogen-bond acceptors (Lipinski definition) is 4. The van der Waals surface area contributed by atoms with Crippen LogP contribution in [0.5, 0.6) is 0 Å². The molecule has 0 aliphatic carbocycles. The molecule has 0 aliphatic rings. The molecule has 0 bridgehead atoms. The van der Waals surface area contributed by atoms with Crippen molar-refractivity contribution in [2.24, 2.45) is 0 Å². The first-order chi connectivity index (χ1) is 11.0. The van der Waals surface area contributed by atoms with Crippen molar-refractivity contribution >= 4 is 29.0 Å². The van der Waals surface area contributed by atoms with Crippen molar-refractivity contribution in [3.8, 4) is 0 Å². The Morgan fingerprint density at radius 1 is 1.13 bits per heavy atom. The van der Waals surface area contributed by atoms with E-state index >= 15 is 0 Å². The van der Waals surface area contributed by atoms with Crippen LogP contribution in [0.15, 0.2) is 35.7 Å². The van der Waals surface area contributed by atoms with E-state index in [9.17, 15) is 18.4 Å². The number of urea groups is 1. The summed E-state index contributed by atoms with van der Waals surface area (Å²) in [6.07, 6.45) is 0.681. The lowest BCUT2D eigenvalue weighted by Gasteiger charge is -2.08. The van der Waals surface area contributed by atoms with Gasteiger partial charge in [-0.05, 0) is 30.0 Å². The van der Waals surface area contributed by atoms with Gasteiger partial charge in [-0.15, -0.1) is 11.3 Å². The summed E-state index contributed by atoms with van der Waals surface area (Å²) >= 11 is 1.59. The van der Waals surface area contributed by atoms with Gasteiger partial charge in [0.2, 0.25) is 5.91 Å². The lowest BCUT2D eigenvalue weighted by Crippen LogP contribution is -2.42. The van der Waals surface area contributed by atoms with Crippen LogP contribution in [0.2, 0.25) is 0 Å². The predicted octanol–water partition coefficient (Wildman–Crippen LogP) is 2.51. The van der Waals surface area contributed by atoms with E-state index in [1.807, 2.05) is 17.5 Å². The highest BCUT2D eigenvalue weighted by molar-refractivity contribution is 7.09. The first kappa shape index (κ1) is 16.9. The molecule has 0 fully saturated rings. The Morgan fingerprint density at radius 2 is 1.87 bits per heavy atom. The zero-order valence-electron chi connectivity index (χ0n) is 12.1. The quantitative estimate of drug-likeness (QED) is 0.757. The summed E-state index contributed by atoms with van der Waals surface area (Å²) < 4.78 is 25.9. The van der Waals surface area contributed by atoms with Gasteiger partial charge in [0.1, 0.15) is 11.6 Å². The van der Waals surface area contributed by atoms with Crippen LogP contribution in [0.25, 0.3) is 0 Å². The second-order valence-electron chi connectivity index (χ2n) is 4.65. The van der Waals surface area contributed by atoms with Gasteiger partial charge in [-0.25, -0.2) is 13.6 Å². The van der Waals surface area contributed by atoms with Crippen molar-refractivity contribution in [1.82, 2.24) is 10.6 Å². The Kier molecular flexibility index (Phi) is 6.04. The third-order valence-corrected chi connectivity index (χ3v) is 3.74. The van der Waals surface area contributed by atoms with Gasteiger partial charge >= 0.3 is 6.03 Å². The van der Waals surface area contributed by atoms with E-state index in [-0.39, 0.29) is 12.2 Å². The van der Waals surface area contributed by atoms with E-state index in [4.69, 9.17) is 0 Å². The molecule has 3 N–H and O–H groups in total. The second-order valence-corrected chi connectivity index (χ2v) is 5.68. The van der Waals surface area contributed by atoms with Crippen LogP contribution in [0.1, 0.15) is 4.88 Å². The molecule has 0 saturated carbocycles. The summed E-state index contributed by atoms with van der Waals surface area (Å²) in [6, 6.07) is 6.10. The van der Waals surface area contributed by atoms with Crippen LogP contribution >= 0.6 is 11.3 Å². The SMILES string of the molecule is O=C(CNc1cc(F)cc(F)c1)NC(=O)NCCc1cccs1. The topological polar surface area (TPSA) is 70.2 Å². The minimum Gasteiger partial charge on any atom is -0.376 e. The first-order valence-electron chi connectivity index (χ1n) is 6.83. The maximum atomic E-state index is 13.0. The smallest absolute Gasteiger partial charge is 0.321 e. The molecule has 1 heterocycles. The van der Waals surface area contributed by atoms with Crippen LogP contribution in [-0.2, 0) is 11.2 Å².